The third kappa shape index (κ3) is 3.87. The van der Waals surface area contributed by atoms with E-state index in [4.69, 9.17) is 0 Å². The summed E-state index contributed by atoms with van der Waals surface area (Å²) in [6.45, 7) is 5.30. The number of nitrogens with one attached hydrogen (secondary N) is 1. The number of hydrogen-bond acceptors (Lipinski definition) is 4. The molecule has 1 N–H and O–H groups in total. The van der Waals surface area contributed by atoms with E-state index in [1.54, 1.807) is 15.4 Å². The first-order valence-electron chi connectivity index (χ1n) is 10.0. The molecule has 2 aromatic heterocycles. The van der Waals surface area contributed by atoms with Gasteiger partial charge in [0.05, 0.1) is 5.69 Å². The summed E-state index contributed by atoms with van der Waals surface area (Å²) in [7, 11) is 0. The molecule has 0 aliphatic carbocycles. The van der Waals surface area contributed by atoms with Crippen molar-refractivity contribution >= 4 is 5.91 Å². The van der Waals surface area contributed by atoms with Crippen LogP contribution in [0.5, 0.6) is 0 Å². The molecule has 0 saturated carbocycles. The van der Waals surface area contributed by atoms with Crippen molar-refractivity contribution in [2.75, 3.05) is 13.1 Å². The molecule has 1 amide bonds. The maximum Gasteiger partial charge on any atom is 0.347 e. The Hall–Kier alpha value is -3.16. The molecule has 1 saturated heterocycles. The predicted molar refractivity (Wildman–Crippen MR) is 109 cm³/mol. The number of carbonyl (C=O) groups excluding carboxylic acids is 1. The minimum Gasteiger partial charge on any atom is -0.341 e. The zero-order valence-electron chi connectivity index (χ0n) is 16.8. The lowest BCUT2D eigenvalue weighted by molar-refractivity contribution is -0.136. The number of carbonyl (C=O) groups is 1. The van der Waals surface area contributed by atoms with Crippen LogP contribution in [0.4, 0.5) is 0 Å². The Morgan fingerprint density at radius 3 is 2.69 bits per heavy atom. The van der Waals surface area contributed by atoms with Crippen molar-refractivity contribution in [1.29, 1.82) is 0 Å². The highest BCUT2D eigenvalue weighted by molar-refractivity contribution is 5.80. The van der Waals surface area contributed by atoms with Crippen molar-refractivity contribution in [3.63, 3.8) is 0 Å². The van der Waals surface area contributed by atoms with Gasteiger partial charge in [0.25, 0.3) is 0 Å². The number of hydrogen-bond donors (Lipinski definition) is 1. The number of likely N-dealkylation sites (tertiary alicyclic amines) is 1. The fraction of sp³-hybridized carbons (Fsp3) is 0.429. The van der Waals surface area contributed by atoms with E-state index in [0.29, 0.717) is 25.4 Å². The van der Waals surface area contributed by atoms with Gasteiger partial charge in [-0.2, -0.15) is 10.2 Å². The topological polar surface area (TPSA) is 88.8 Å². The molecule has 1 atom stereocenters. The second-order valence-corrected chi connectivity index (χ2v) is 7.70. The van der Waals surface area contributed by atoms with E-state index >= 15 is 0 Å². The molecule has 8 nitrogen and oxygen atoms in total. The van der Waals surface area contributed by atoms with Gasteiger partial charge in [0, 0.05) is 31.9 Å². The molecule has 0 spiro atoms. The molecule has 29 heavy (non-hydrogen) atoms. The summed E-state index contributed by atoms with van der Waals surface area (Å²) in [6, 6.07) is 9.35. The van der Waals surface area contributed by atoms with E-state index in [9.17, 15) is 9.59 Å². The number of amides is 1. The Kier molecular flexibility index (Phi) is 5.33. The SMILES string of the molecule is Cc1ccccc1-n1c(CC2CCN(C(=O)[C@H](C)n3cccn3)CC2)n[nH]c1=O. The van der Waals surface area contributed by atoms with Crippen molar-refractivity contribution in [2.24, 2.45) is 5.92 Å². The number of aromatic amines is 1. The molecule has 4 rings (SSSR count). The van der Waals surface area contributed by atoms with Gasteiger partial charge >= 0.3 is 5.69 Å². The molecule has 1 aliphatic heterocycles. The van der Waals surface area contributed by atoms with E-state index in [0.717, 1.165) is 29.9 Å². The predicted octanol–water partition coefficient (Wildman–Crippen LogP) is 2.11. The lowest BCUT2D eigenvalue weighted by atomic mass is 9.93. The minimum atomic E-state index is -0.292. The Balaban J connectivity index is 1.42. The van der Waals surface area contributed by atoms with Crippen molar-refractivity contribution in [3.8, 4) is 5.69 Å². The van der Waals surface area contributed by atoms with Gasteiger partial charge in [-0.05, 0) is 50.3 Å². The summed E-state index contributed by atoms with van der Waals surface area (Å²) >= 11 is 0. The highest BCUT2D eigenvalue weighted by Gasteiger charge is 2.28. The van der Waals surface area contributed by atoms with Crippen molar-refractivity contribution in [1.82, 2.24) is 29.4 Å². The molecule has 0 unspecified atom stereocenters. The number of benzene rings is 1. The van der Waals surface area contributed by atoms with Gasteiger partial charge < -0.3 is 4.90 Å². The van der Waals surface area contributed by atoms with E-state index in [-0.39, 0.29) is 17.6 Å². The van der Waals surface area contributed by atoms with Crippen LogP contribution in [0.25, 0.3) is 5.69 Å². The van der Waals surface area contributed by atoms with Crippen molar-refractivity contribution in [2.45, 2.75) is 39.2 Å². The van der Waals surface area contributed by atoms with Crippen molar-refractivity contribution < 1.29 is 4.79 Å². The van der Waals surface area contributed by atoms with Gasteiger partial charge in [-0.1, -0.05) is 18.2 Å². The number of nitrogens with zero attached hydrogens (tertiary/aromatic N) is 5. The molecule has 1 aromatic carbocycles. The van der Waals surface area contributed by atoms with Crippen molar-refractivity contribution in [3.05, 3.63) is 64.6 Å². The Bertz CT molecular complexity index is 1030. The largest absolute Gasteiger partial charge is 0.347 e. The van der Waals surface area contributed by atoms with Crippen LogP contribution in [0.2, 0.25) is 0 Å². The van der Waals surface area contributed by atoms with E-state index in [1.165, 1.54) is 0 Å². The van der Waals surface area contributed by atoms with Gasteiger partial charge in [-0.3, -0.25) is 9.48 Å². The summed E-state index contributed by atoms with van der Waals surface area (Å²) in [4.78, 5) is 27.0. The molecule has 1 aliphatic rings. The number of piperidine rings is 1. The Morgan fingerprint density at radius 2 is 2.00 bits per heavy atom. The fourth-order valence-corrected chi connectivity index (χ4v) is 4.03. The molecular weight excluding hydrogens is 368 g/mol. The van der Waals surface area contributed by atoms with Gasteiger partial charge in [-0.25, -0.2) is 14.5 Å². The van der Waals surface area contributed by atoms with Crippen LogP contribution in [-0.2, 0) is 11.2 Å². The van der Waals surface area contributed by atoms with E-state index in [2.05, 4.69) is 15.3 Å². The average Bonchev–Trinajstić information content (AvgIpc) is 3.39. The third-order valence-electron chi connectivity index (χ3n) is 5.77. The van der Waals surface area contributed by atoms with Crippen LogP contribution in [0.1, 0.15) is 37.2 Å². The highest BCUT2D eigenvalue weighted by atomic mass is 16.2. The standard InChI is InChI=1S/C21H26N6O2/c1-15-6-3-4-7-18(15)27-19(23-24-21(27)29)14-17-8-12-25(13-9-17)20(28)16(2)26-11-5-10-22-26/h3-7,10-11,16-17H,8-9,12-14H2,1-2H3,(H,24,29)/t16-/m0/s1. The summed E-state index contributed by atoms with van der Waals surface area (Å²) < 4.78 is 3.37. The maximum atomic E-state index is 12.7. The van der Waals surface area contributed by atoms with Crippen LogP contribution in [0.15, 0.2) is 47.5 Å². The second kappa shape index (κ2) is 8.06. The highest BCUT2D eigenvalue weighted by Crippen LogP contribution is 2.24. The molecule has 0 bridgehead atoms. The van der Waals surface area contributed by atoms with Gasteiger partial charge in [-0.15, -0.1) is 0 Å². The maximum absolute atomic E-state index is 12.7. The average molecular weight is 394 g/mol. The zero-order chi connectivity index (χ0) is 20.4. The fourth-order valence-electron chi connectivity index (χ4n) is 4.03. The molecule has 152 valence electrons. The van der Waals surface area contributed by atoms with Crippen LogP contribution < -0.4 is 5.69 Å². The first-order valence-corrected chi connectivity index (χ1v) is 10.0. The first kappa shape index (κ1) is 19.2. The molecule has 1 fully saturated rings. The smallest absolute Gasteiger partial charge is 0.341 e. The molecular formula is C21H26N6O2. The Labute approximate surface area is 169 Å². The summed E-state index contributed by atoms with van der Waals surface area (Å²) in [6.07, 6.45) is 6.01. The number of aromatic nitrogens is 5. The van der Waals surface area contributed by atoms with Gasteiger partial charge in [0.1, 0.15) is 11.9 Å². The zero-order valence-corrected chi connectivity index (χ0v) is 16.8. The minimum absolute atomic E-state index is 0.101. The second-order valence-electron chi connectivity index (χ2n) is 7.70. The van der Waals surface area contributed by atoms with Gasteiger partial charge in [0.2, 0.25) is 5.91 Å². The summed E-state index contributed by atoms with van der Waals surface area (Å²) in [5, 5.41) is 11.0. The van der Waals surface area contributed by atoms with Gasteiger partial charge in [0.15, 0.2) is 0 Å². The summed E-state index contributed by atoms with van der Waals surface area (Å²) in [5.74, 6) is 1.24. The first-order chi connectivity index (χ1) is 14.0. The van der Waals surface area contributed by atoms with Crippen LogP contribution in [0, 0.1) is 12.8 Å². The summed E-state index contributed by atoms with van der Waals surface area (Å²) in [5.41, 5.74) is 1.68. The number of para-hydroxylation sites is 1. The quantitative estimate of drug-likeness (QED) is 0.718. The molecule has 3 heterocycles. The normalized spacial score (nSPS) is 16.1. The molecule has 0 radical (unpaired) electrons. The third-order valence-corrected chi connectivity index (χ3v) is 5.77. The Morgan fingerprint density at radius 1 is 1.24 bits per heavy atom. The number of aryl methyl sites for hydroxylation is 1. The lowest BCUT2D eigenvalue weighted by Gasteiger charge is -2.33. The van der Waals surface area contributed by atoms with Crippen LogP contribution in [0.3, 0.4) is 0 Å². The molecule has 3 aromatic rings. The monoisotopic (exact) mass is 394 g/mol. The van der Waals surface area contributed by atoms with E-state index < -0.39 is 0 Å². The molecule has 8 heteroatoms. The van der Waals surface area contributed by atoms with Crippen LogP contribution in [-0.4, -0.2) is 48.4 Å². The number of rotatable bonds is 5. The van der Waals surface area contributed by atoms with Crippen LogP contribution >= 0.6 is 0 Å². The number of H-pyrrole nitrogens is 1. The lowest BCUT2D eigenvalue weighted by Crippen LogP contribution is -2.42. The van der Waals surface area contributed by atoms with E-state index in [1.807, 2.05) is 55.3 Å².